The molecule has 4 rings (SSSR count). The van der Waals surface area contributed by atoms with Gasteiger partial charge in [-0.2, -0.15) is 4.31 Å². The number of sulfonamides is 1. The number of hydrogen-bond acceptors (Lipinski definition) is 9. The minimum absolute atomic E-state index is 0.193. The summed E-state index contributed by atoms with van der Waals surface area (Å²) in [5.74, 6) is -0.274. The van der Waals surface area contributed by atoms with Crippen LogP contribution in [-0.2, 0) is 14.8 Å². The van der Waals surface area contributed by atoms with Crippen molar-refractivity contribution in [2.75, 3.05) is 31.8 Å². The number of nitrogens with zero attached hydrogens (tertiary/aromatic N) is 3. The first-order valence-corrected chi connectivity index (χ1v) is 12.8. The highest BCUT2D eigenvalue weighted by atomic mass is 32.2. The number of aryl methyl sites for hydroxylation is 1. The highest BCUT2D eigenvalue weighted by molar-refractivity contribution is 7.88. The fourth-order valence-corrected chi connectivity index (χ4v) is 5.72. The Morgan fingerprint density at radius 2 is 2.12 bits per heavy atom. The number of fused-ring (bicyclic) bond motifs is 1. The third kappa shape index (κ3) is 4.92. The summed E-state index contributed by atoms with van der Waals surface area (Å²) in [6.45, 7) is 2.41. The summed E-state index contributed by atoms with van der Waals surface area (Å²) in [6.07, 6.45) is 3.40. The van der Waals surface area contributed by atoms with Crippen LogP contribution in [0.15, 0.2) is 24.5 Å². The molecule has 1 saturated heterocycles. The number of carbonyl (C=O) groups is 1. The van der Waals surface area contributed by atoms with Crippen LogP contribution in [0.2, 0.25) is 0 Å². The Kier molecular flexibility index (Phi) is 6.50. The maximum Gasteiger partial charge on any atom is 0.348 e. The minimum Gasteiger partial charge on any atom is -0.487 e. The van der Waals surface area contributed by atoms with E-state index in [0.717, 1.165) is 6.26 Å². The molecule has 1 aromatic carbocycles. The number of thiophene rings is 1. The van der Waals surface area contributed by atoms with Crippen LogP contribution in [0.25, 0.3) is 10.2 Å². The molecular formula is C21H23FN4O5S2. The average molecular weight is 495 g/mol. The van der Waals surface area contributed by atoms with Crippen molar-refractivity contribution in [3.05, 3.63) is 40.8 Å². The van der Waals surface area contributed by atoms with Crippen molar-refractivity contribution in [3.63, 3.8) is 0 Å². The average Bonchev–Trinajstić information content (AvgIpc) is 3.12. The largest absolute Gasteiger partial charge is 0.487 e. The molecule has 33 heavy (non-hydrogen) atoms. The van der Waals surface area contributed by atoms with E-state index in [0.29, 0.717) is 51.5 Å². The van der Waals surface area contributed by atoms with Crippen LogP contribution in [0, 0.1) is 12.7 Å². The van der Waals surface area contributed by atoms with Crippen molar-refractivity contribution in [1.82, 2.24) is 14.3 Å². The topological polar surface area (TPSA) is 111 Å². The Bertz CT molecular complexity index is 1310. The number of carbonyl (C=O) groups excluding carboxylic acids is 1. The third-order valence-corrected chi connectivity index (χ3v) is 7.85. The summed E-state index contributed by atoms with van der Waals surface area (Å²) in [7, 11) is -2.03. The van der Waals surface area contributed by atoms with Gasteiger partial charge in [0.15, 0.2) is 0 Å². The number of rotatable bonds is 6. The van der Waals surface area contributed by atoms with Gasteiger partial charge in [-0.3, -0.25) is 0 Å². The SMILES string of the molecule is COC(=O)c1sc2ncnc(Nc3ccc(F)cc3O[C@H]3CCCN(S(C)(=O)=O)C3)c2c1C. The van der Waals surface area contributed by atoms with Gasteiger partial charge in [-0.25, -0.2) is 27.6 Å². The van der Waals surface area contributed by atoms with Gasteiger partial charge in [-0.05, 0) is 37.5 Å². The van der Waals surface area contributed by atoms with Crippen LogP contribution in [0.3, 0.4) is 0 Å². The van der Waals surface area contributed by atoms with Crippen molar-refractivity contribution in [2.24, 2.45) is 0 Å². The summed E-state index contributed by atoms with van der Waals surface area (Å²) >= 11 is 1.20. The lowest BCUT2D eigenvalue weighted by Crippen LogP contribution is -2.43. The number of aromatic nitrogens is 2. The monoisotopic (exact) mass is 494 g/mol. The lowest BCUT2D eigenvalue weighted by atomic mass is 10.1. The Morgan fingerprint density at radius 3 is 2.85 bits per heavy atom. The summed E-state index contributed by atoms with van der Waals surface area (Å²) < 4.78 is 50.2. The molecule has 176 valence electrons. The molecule has 0 radical (unpaired) electrons. The number of nitrogens with one attached hydrogen (secondary N) is 1. The molecule has 3 aromatic rings. The summed E-state index contributed by atoms with van der Waals surface area (Å²) in [4.78, 5) is 21.7. The normalized spacial score (nSPS) is 17.2. The van der Waals surface area contributed by atoms with Crippen molar-refractivity contribution in [3.8, 4) is 5.75 Å². The van der Waals surface area contributed by atoms with Gasteiger partial charge < -0.3 is 14.8 Å². The molecule has 0 amide bonds. The zero-order chi connectivity index (χ0) is 23.8. The van der Waals surface area contributed by atoms with Crippen LogP contribution in [0.4, 0.5) is 15.9 Å². The van der Waals surface area contributed by atoms with Gasteiger partial charge in [0, 0.05) is 12.6 Å². The molecule has 1 atom stereocenters. The molecule has 0 saturated carbocycles. The summed E-state index contributed by atoms with van der Waals surface area (Å²) in [6, 6.07) is 4.07. The zero-order valence-electron chi connectivity index (χ0n) is 18.3. The molecule has 1 aliphatic heterocycles. The molecule has 2 aromatic heterocycles. The lowest BCUT2D eigenvalue weighted by molar-refractivity contribution is 0.0605. The maximum atomic E-state index is 14.1. The van der Waals surface area contributed by atoms with Gasteiger partial charge in [0.05, 0.1) is 31.0 Å². The van der Waals surface area contributed by atoms with Crippen LogP contribution in [-0.4, -0.2) is 61.2 Å². The van der Waals surface area contributed by atoms with Crippen LogP contribution in [0.5, 0.6) is 5.75 Å². The van der Waals surface area contributed by atoms with E-state index in [1.165, 1.54) is 47.3 Å². The van der Waals surface area contributed by atoms with E-state index in [9.17, 15) is 17.6 Å². The van der Waals surface area contributed by atoms with Gasteiger partial charge in [0.1, 0.15) is 39.5 Å². The Hall–Kier alpha value is -2.83. The fourth-order valence-electron chi connectivity index (χ4n) is 3.76. The molecule has 0 bridgehead atoms. The first kappa shape index (κ1) is 23.3. The Labute approximate surface area is 194 Å². The Balaban J connectivity index is 1.66. The number of benzene rings is 1. The van der Waals surface area contributed by atoms with E-state index in [1.807, 2.05) is 0 Å². The first-order chi connectivity index (χ1) is 15.7. The molecule has 0 unspecified atom stereocenters. The summed E-state index contributed by atoms with van der Waals surface area (Å²) in [5.41, 5.74) is 1.13. The highest BCUT2D eigenvalue weighted by Gasteiger charge is 2.28. The van der Waals surface area contributed by atoms with Gasteiger partial charge in [-0.15, -0.1) is 11.3 Å². The highest BCUT2D eigenvalue weighted by Crippen LogP contribution is 2.37. The second-order valence-electron chi connectivity index (χ2n) is 7.72. The smallest absolute Gasteiger partial charge is 0.348 e. The number of methoxy groups -OCH3 is 1. The second kappa shape index (κ2) is 9.20. The predicted molar refractivity (Wildman–Crippen MR) is 123 cm³/mol. The van der Waals surface area contributed by atoms with Gasteiger partial charge in [0.2, 0.25) is 10.0 Å². The quantitative estimate of drug-likeness (QED) is 0.519. The van der Waals surface area contributed by atoms with Crippen molar-refractivity contribution in [1.29, 1.82) is 0 Å². The van der Waals surface area contributed by atoms with E-state index in [4.69, 9.17) is 9.47 Å². The molecule has 0 spiro atoms. The van der Waals surface area contributed by atoms with E-state index in [1.54, 1.807) is 6.92 Å². The third-order valence-electron chi connectivity index (χ3n) is 5.40. The number of hydrogen-bond donors (Lipinski definition) is 1. The van der Waals surface area contributed by atoms with Crippen LogP contribution < -0.4 is 10.1 Å². The van der Waals surface area contributed by atoms with Gasteiger partial charge in [0.25, 0.3) is 0 Å². The Morgan fingerprint density at radius 1 is 1.33 bits per heavy atom. The molecule has 12 heteroatoms. The van der Waals surface area contributed by atoms with Crippen molar-refractivity contribution in [2.45, 2.75) is 25.9 Å². The predicted octanol–water partition coefficient (Wildman–Crippen LogP) is 3.47. The second-order valence-corrected chi connectivity index (χ2v) is 10.7. The van der Waals surface area contributed by atoms with Crippen LogP contribution >= 0.6 is 11.3 Å². The van der Waals surface area contributed by atoms with E-state index < -0.39 is 27.9 Å². The van der Waals surface area contributed by atoms with Crippen molar-refractivity contribution >= 4 is 49.1 Å². The fraction of sp³-hybridized carbons (Fsp3) is 0.381. The number of halogens is 1. The minimum atomic E-state index is -3.34. The molecule has 1 N–H and O–H groups in total. The lowest BCUT2D eigenvalue weighted by Gasteiger charge is -2.31. The van der Waals surface area contributed by atoms with Gasteiger partial charge in [-0.1, -0.05) is 0 Å². The zero-order valence-corrected chi connectivity index (χ0v) is 19.9. The molecular weight excluding hydrogens is 471 g/mol. The number of ether oxygens (including phenoxy) is 2. The molecule has 3 heterocycles. The van der Waals surface area contributed by atoms with Crippen LogP contribution in [0.1, 0.15) is 28.1 Å². The van der Waals surface area contributed by atoms with E-state index in [2.05, 4.69) is 15.3 Å². The van der Waals surface area contributed by atoms with E-state index in [-0.39, 0.29) is 12.3 Å². The summed E-state index contributed by atoms with van der Waals surface area (Å²) in [5, 5.41) is 3.82. The first-order valence-electron chi connectivity index (χ1n) is 10.2. The van der Waals surface area contributed by atoms with E-state index >= 15 is 0 Å². The number of piperidine rings is 1. The molecule has 1 fully saturated rings. The number of esters is 1. The van der Waals surface area contributed by atoms with Gasteiger partial charge >= 0.3 is 5.97 Å². The van der Waals surface area contributed by atoms with Crippen molar-refractivity contribution < 1.29 is 27.1 Å². The molecule has 1 aliphatic rings. The standard InChI is InChI=1S/C21H23FN4O5S2/c1-12-17-19(23-11-24-20(17)32-18(12)21(27)30-2)25-15-7-6-13(22)9-16(15)31-14-5-4-8-26(10-14)33(3,28)29/h6-7,9,11,14H,4-5,8,10H2,1-3H3,(H,23,24,25)/t14-/m0/s1. The molecule has 9 nitrogen and oxygen atoms in total. The number of anilines is 2. The maximum absolute atomic E-state index is 14.1. The molecule has 0 aliphatic carbocycles.